The van der Waals surface area contributed by atoms with Crippen LogP contribution in [0, 0.1) is 5.82 Å². The lowest BCUT2D eigenvalue weighted by atomic mass is 10.2. The van der Waals surface area contributed by atoms with Gasteiger partial charge in [0.2, 0.25) is 0 Å². The van der Waals surface area contributed by atoms with Crippen LogP contribution in [0.4, 0.5) is 4.39 Å². The minimum absolute atomic E-state index is 0.273. The maximum absolute atomic E-state index is 13.0. The van der Waals surface area contributed by atoms with Crippen LogP contribution >= 0.6 is 11.3 Å². The van der Waals surface area contributed by atoms with Crippen LogP contribution in [0.3, 0.4) is 0 Å². The lowest BCUT2D eigenvalue weighted by Crippen LogP contribution is -1.89. The van der Waals surface area contributed by atoms with E-state index in [9.17, 15) is 9.50 Å². The highest BCUT2D eigenvalue weighted by Crippen LogP contribution is 2.29. The fraction of sp³-hybridized carbons (Fsp3) is 0.250. The number of aliphatic hydroxyl groups is 1. The first-order valence-corrected chi connectivity index (χ1v) is 5.92. The maximum Gasteiger partial charge on any atom is 0.123 e. The highest BCUT2D eigenvalue weighted by molar-refractivity contribution is 7.15. The number of aromatic nitrogens is 1. The molecule has 2 nitrogen and oxygen atoms in total. The van der Waals surface area contributed by atoms with E-state index in [1.807, 2.05) is 13.0 Å². The van der Waals surface area contributed by atoms with E-state index < -0.39 is 6.10 Å². The summed E-state index contributed by atoms with van der Waals surface area (Å²) in [5.41, 5.74) is 0.750. The topological polar surface area (TPSA) is 33.1 Å². The maximum atomic E-state index is 13.0. The Morgan fingerprint density at radius 1 is 1.50 bits per heavy atom. The molecule has 0 fully saturated rings. The van der Waals surface area contributed by atoms with Crippen LogP contribution in [0.1, 0.15) is 24.3 Å². The van der Waals surface area contributed by atoms with E-state index in [-0.39, 0.29) is 5.82 Å². The zero-order valence-electron chi connectivity index (χ0n) is 8.85. The van der Waals surface area contributed by atoms with Crippen molar-refractivity contribution >= 4 is 11.3 Å². The van der Waals surface area contributed by atoms with Gasteiger partial charge in [0.15, 0.2) is 0 Å². The molecule has 0 bridgehead atoms. The molecule has 0 aliphatic carbocycles. The summed E-state index contributed by atoms with van der Waals surface area (Å²) in [4.78, 5) is 5.01. The summed E-state index contributed by atoms with van der Waals surface area (Å²) in [5, 5.41) is 10.4. The van der Waals surface area contributed by atoms with E-state index in [2.05, 4.69) is 4.98 Å². The average molecular weight is 237 g/mol. The number of nitrogens with zero attached hydrogens (tertiary/aromatic N) is 1. The molecule has 0 aliphatic heterocycles. The summed E-state index contributed by atoms with van der Waals surface area (Å²) in [6.07, 6.45) is 1.84. The van der Waals surface area contributed by atoms with Crippen molar-refractivity contribution in [2.45, 2.75) is 19.4 Å². The Morgan fingerprint density at radius 2 is 2.31 bits per heavy atom. The molecule has 0 aliphatic rings. The molecule has 16 heavy (non-hydrogen) atoms. The average Bonchev–Trinajstić information content (AvgIpc) is 2.77. The number of aliphatic hydroxyl groups excluding tert-OH is 1. The second-order valence-electron chi connectivity index (χ2n) is 3.50. The first-order chi connectivity index (χ1) is 7.70. The predicted molar refractivity (Wildman–Crippen MR) is 62.8 cm³/mol. The molecule has 0 saturated heterocycles. The molecule has 84 valence electrons. The number of hydrogen-bond donors (Lipinski definition) is 1. The van der Waals surface area contributed by atoms with Crippen LogP contribution in [0.15, 0.2) is 30.5 Å². The Morgan fingerprint density at radius 3 is 3.00 bits per heavy atom. The second kappa shape index (κ2) is 4.72. The minimum atomic E-state index is -0.472. The lowest BCUT2D eigenvalue weighted by molar-refractivity contribution is 0.177. The summed E-state index contributed by atoms with van der Waals surface area (Å²) in [5.74, 6) is -0.273. The quantitative estimate of drug-likeness (QED) is 0.887. The smallest absolute Gasteiger partial charge is 0.123 e. The van der Waals surface area contributed by atoms with Gasteiger partial charge in [-0.15, -0.1) is 11.3 Å². The van der Waals surface area contributed by atoms with Crippen molar-refractivity contribution < 1.29 is 9.50 Å². The molecule has 1 aromatic carbocycles. The van der Waals surface area contributed by atoms with E-state index in [0.29, 0.717) is 6.42 Å². The van der Waals surface area contributed by atoms with E-state index in [4.69, 9.17) is 0 Å². The van der Waals surface area contributed by atoms with Gasteiger partial charge in [0.05, 0.1) is 11.0 Å². The highest BCUT2D eigenvalue weighted by atomic mass is 32.1. The van der Waals surface area contributed by atoms with Crippen LogP contribution in [-0.2, 0) is 0 Å². The van der Waals surface area contributed by atoms with Crippen molar-refractivity contribution in [2.75, 3.05) is 0 Å². The zero-order valence-corrected chi connectivity index (χ0v) is 9.67. The summed E-state index contributed by atoms with van der Waals surface area (Å²) in [7, 11) is 0. The SMILES string of the molecule is CC[C@@H](O)c1cnc(-c2cccc(F)c2)s1. The third-order valence-corrected chi connectivity index (χ3v) is 3.46. The number of thiazole rings is 1. The highest BCUT2D eigenvalue weighted by Gasteiger charge is 2.10. The van der Waals surface area contributed by atoms with Gasteiger partial charge in [-0.2, -0.15) is 0 Å². The molecule has 2 aromatic rings. The molecule has 1 N–H and O–H groups in total. The molecule has 0 spiro atoms. The molecule has 1 heterocycles. The summed E-state index contributed by atoms with van der Waals surface area (Å²) >= 11 is 1.40. The van der Waals surface area contributed by atoms with E-state index in [0.717, 1.165) is 15.4 Å². The van der Waals surface area contributed by atoms with E-state index in [1.165, 1.54) is 23.5 Å². The van der Waals surface area contributed by atoms with Crippen LogP contribution < -0.4 is 0 Å². The standard InChI is InChI=1S/C12H12FNOS/c1-2-10(15)11-7-14-12(16-11)8-4-3-5-9(13)6-8/h3-7,10,15H,2H2,1H3/t10-/m1/s1. The first-order valence-electron chi connectivity index (χ1n) is 5.10. The molecule has 0 saturated carbocycles. The first kappa shape index (κ1) is 11.2. The molecule has 0 radical (unpaired) electrons. The minimum Gasteiger partial charge on any atom is -0.388 e. The van der Waals surface area contributed by atoms with Crippen LogP contribution in [-0.4, -0.2) is 10.1 Å². The van der Waals surface area contributed by atoms with Gasteiger partial charge < -0.3 is 5.11 Å². The van der Waals surface area contributed by atoms with Crippen LogP contribution in [0.2, 0.25) is 0 Å². The van der Waals surface area contributed by atoms with E-state index in [1.54, 1.807) is 12.3 Å². The van der Waals surface area contributed by atoms with Crippen molar-refractivity contribution in [2.24, 2.45) is 0 Å². The van der Waals surface area contributed by atoms with Gasteiger partial charge >= 0.3 is 0 Å². The molecule has 1 aromatic heterocycles. The second-order valence-corrected chi connectivity index (χ2v) is 4.56. The number of halogens is 1. The van der Waals surface area contributed by atoms with Gasteiger partial charge in [0.1, 0.15) is 10.8 Å². The van der Waals surface area contributed by atoms with Gasteiger partial charge in [-0.1, -0.05) is 19.1 Å². The predicted octanol–water partition coefficient (Wildman–Crippen LogP) is 3.39. The zero-order chi connectivity index (χ0) is 11.5. The van der Waals surface area contributed by atoms with Gasteiger partial charge in [-0.05, 0) is 18.6 Å². The Bertz CT molecular complexity index is 483. The summed E-state index contributed by atoms with van der Waals surface area (Å²) < 4.78 is 13.0. The number of rotatable bonds is 3. The Kier molecular flexibility index (Phi) is 3.31. The Hall–Kier alpha value is -1.26. The molecule has 2 rings (SSSR count). The molecule has 0 amide bonds. The largest absolute Gasteiger partial charge is 0.388 e. The van der Waals surface area contributed by atoms with Gasteiger partial charge in [0, 0.05) is 11.8 Å². The Balaban J connectivity index is 2.31. The summed E-state index contributed by atoms with van der Waals surface area (Å²) in [6, 6.07) is 6.31. The fourth-order valence-corrected chi connectivity index (χ4v) is 2.38. The van der Waals surface area contributed by atoms with Gasteiger partial charge in [0.25, 0.3) is 0 Å². The van der Waals surface area contributed by atoms with Crippen molar-refractivity contribution in [3.63, 3.8) is 0 Å². The monoisotopic (exact) mass is 237 g/mol. The van der Waals surface area contributed by atoms with Crippen LogP contribution in [0.5, 0.6) is 0 Å². The fourth-order valence-electron chi connectivity index (χ4n) is 1.40. The van der Waals surface area contributed by atoms with Crippen LogP contribution in [0.25, 0.3) is 10.6 Å². The molecule has 1 atom stereocenters. The van der Waals surface area contributed by atoms with Crippen molar-refractivity contribution in [1.82, 2.24) is 4.98 Å². The van der Waals surface area contributed by atoms with Gasteiger partial charge in [-0.25, -0.2) is 9.37 Å². The Labute approximate surface area is 97.4 Å². The molecular formula is C12H12FNOS. The third kappa shape index (κ3) is 2.28. The van der Waals surface area contributed by atoms with Crippen molar-refractivity contribution in [3.8, 4) is 10.6 Å². The number of benzene rings is 1. The van der Waals surface area contributed by atoms with Crippen molar-refractivity contribution in [3.05, 3.63) is 41.2 Å². The van der Waals surface area contributed by atoms with Gasteiger partial charge in [-0.3, -0.25) is 0 Å². The summed E-state index contributed by atoms with van der Waals surface area (Å²) in [6.45, 7) is 1.91. The molecule has 4 heteroatoms. The molecular weight excluding hydrogens is 225 g/mol. The normalized spacial score (nSPS) is 12.7. The third-order valence-electron chi connectivity index (χ3n) is 2.31. The number of hydrogen-bond acceptors (Lipinski definition) is 3. The lowest BCUT2D eigenvalue weighted by Gasteiger charge is -2.01. The van der Waals surface area contributed by atoms with Crippen molar-refractivity contribution in [1.29, 1.82) is 0 Å². The van der Waals surface area contributed by atoms with E-state index >= 15 is 0 Å². The molecule has 0 unspecified atom stereocenters.